The van der Waals surface area contributed by atoms with Crippen LogP contribution in [-0.2, 0) is 5.88 Å². The van der Waals surface area contributed by atoms with E-state index >= 15 is 0 Å². The third-order valence-corrected chi connectivity index (χ3v) is 3.79. The van der Waals surface area contributed by atoms with Gasteiger partial charge < -0.3 is 0 Å². The maximum absolute atomic E-state index is 5.73. The molecule has 2 rings (SSSR count). The van der Waals surface area contributed by atoms with Gasteiger partial charge in [-0.05, 0) is 35.0 Å². The van der Waals surface area contributed by atoms with Crippen molar-refractivity contribution in [1.82, 2.24) is 9.97 Å². The molecular weight excluding hydrogens is 296 g/mol. The van der Waals surface area contributed by atoms with Crippen molar-refractivity contribution in [2.24, 2.45) is 0 Å². The number of aromatic nitrogens is 2. The summed E-state index contributed by atoms with van der Waals surface area (Å²) in [5, 5.41) is 2.03. The second kappa shape index (κ2) is 4.60. The van der Waals surface area contributed by atoms with E-state index in [4.69, 9.17) is 11.6 Å². The molecule has 0 fully saturated rings. The monoisotopic (exact) mass is 302 g/mol. The van der Waals surface area contributed by atoms with Crippen LogP contribution in [0.15, 0.2) is 22.0 Å². The first-order valence-corrected chi connectivity index (χ1v) is 6.54. The van der Waals surface area contributed by atoms with Crippen LogP contribution in [0.3, 0.4) is 0 Å². The van der Waals surface area contributed by atoms with E-state index in [9.17, 15) is 0 Å². The molecule has 0 aliphatic rings. The third-order valence-electron chi connectivity index (χ3n) is 1.84. The first kappa shape index (κ1) is 11.0. The van der Waals surface area contributed by atoms with Gasteiger partial charge >= 0.3 is 0 Å². The molecule has 15 heavy (non-hydrogen) atoms. The van der Waals surface area contributed by atoms with Crippen molar-refractivity contribution in [3.05, 3.63) is 33.5 Å². The van der Waals surface area contributed by atoms with Gasteiger partial charge in [-0.2, -0.15) is 0 Å². The van der Waals surface area contributed by atoms with Crippen LogP contribution in [0, 0.1) is 6.92 Å². The standard InChI is InChI=1S/C10H8BrClN2S/c1-6-2-8(14-10(4-12)13-6)9-3-7(11)5-15-9/h2-3,5H,4H2,1H3. The Morgan fingerprint density at radius 1 is 1.40 bits per heavy atom. The predicted molar refractivity (Wildman–Crippen MR) is 67.3 cm³/mol. The Morgan fingerprint density at radius 2 is 2.20 bits per heavy atom. The van der Waals surface area contributed by atoms with Crippen LogP contribution in [0.4, 0.5) is 0 Å². The van der Waals surface area contributed by atoms with Crippen molar-refractivity contribution in [1.29, 1.82) is 0 Å². The molecule has 0 aliphatic heterocycles. The molecular formula is C10H8BrClN2S. The fraction of sp³-hybridized carbons (Fsp3) is 0.200. The van der Waals surface area contributed by atoms with Gasteiger partial charge in [0.25, 0.3) is 0 Å². The molecule has 0 saturated heterocycles. The van der Waals surface area contributed by atoms with Gasteiger partial charge in [-0.25, -0.2) is 9.97 Å². The quantitative estimate of drug-likeness (QED) is 0.783. The molecule has 0 aliphatic carbocycles. The number of alkyl halides is 1. The van der Waals surface area contributed by atoms with Gasteiger partial charge in [0.1, 0.15) is 5.82 Å². The Kier molecular flexibility index (Phi) is 3.38. The van der Waals surface area contributed by atoms with Crippen LogP contribution < -0.4 is 0 Å². The molecule has 2 nitrogen and oxygen atoms in total. The Bertz CT molecular complexity index is 484. The highest BCUT2D eigenvalue weighted by Gasteiger charge is 2.06. The van der Waals surface area contributed by atoms with E-state index in [1.54, 1.807) is 11.3 Å². The summed E-state index contributed by atoms with van der Waals surface area (Å²) in [6, 6.07) is 4.01. The zero-order valence-electron chi connectivity index (χ0n) is 8.00. The number of aryl methyl sites for hydroxylation is 1. The number of hydrogen-bond acceptors (Lipinski definition) is 3. The Balaban J connectivity index is 2.48. The first-order chi connectivity index (χ1) is 7.19. The molecule has 0 bridgehead atoms. The van der Waals surface area contributed by atoms with E-state index in [1.165, 1.54) is 0 Å². The van der Waals surface area contributed by atoms with Crippen molar-refractivity contribution < 1.29 is 0 Å². The highest BCUT2D eigenvalue weighted by atomic mass is 79.9. The number of hydrogen-bond donors (Lipinski definition) is 0. The topological polar surface area (TPSA) is 25.8 Å². The lowest BCUT2D eigenvalue weighted by Crippen LogP contribution is -1.95. The summed E-state index contributed by atoms with van der Waals surface area (Å²) in [5.74, 6) is 1.03. The predicted octanol–water partition coefficient (Wildman–Crippen LogP) is 4.01. The maximum atomic E-state index is 5.73. The van der Waals surface area contributed by atoms with Gasteiger partial charge in [-0.15, -0.1) is 22.9 Å². The summed E-state index contributed by atoms with van der Waals surface area (Å²) < 4.78 is 1.08. The number of thiophene rings is 1. The molecule has 2 aromatic rings. The van der Waals surface area contributed by atoms with Crippen LogP contribution in [-0.4, -0.2) is 9.97 Å². The Morgan fingerprint density at radius 3 is 2.80 bits per heavy atom. The van der Waals surface area contributed by atoms with E-state index in [0.717, 1.165) is 20.7 Å². The molecule has 0 atom stereocenters. The molecule has 0 spiro atoms. The minimum atomic E-state index is 0.348. The summed E-state index contributed by atoms with van der Waals surface area (Å²) in [7, 11) is 0. The molecule has 2 aromatic heterocycles. The molecule has 0 unspecified atom stereocenters. The zero-order chi connectivity index (χ0) is 10.8. The molecule has 78 valence electrons. The average Bonchev–Trinajstić information content (AvgIpc) is 2.64. The summed E-state index contributed by atoms with van der Waals surface area (Å²) in [4.78, 5) is 9.74. The summed E-state index contributed by atoms with van der Waals surface area (Å²) >= 11 is 10.8. The molecule has 0 saturated carbocycles. The van der Waals surface area contributed by atoms with Gasteiger partial charge in [0, 0.05) is 15.5 Å². The molecule has 5 heteroatoms. The van der Waals surface area contributed by atoms with Gasteiger partial charge in [-0.3, -0.25) is 0 Å². The largest absolute Gasteiger partial charge is 0.237 e. The van der Waals surface area contributed by atoms with Gasteiger partial charge in [-0.1, -0.05) is 0 Å². The fourth-order valence-electron chi connectivity index (χ4n) is 1.26. The van der Waals surface area contributed by atoms with E-state index in [2.05, 4.69) is 25.9 Å². The van der Waals surface area contributed by atoms with Gasteiger partial charge in [0.2, 0.25) is 0 Å². The SMILES string of the molecule is Cc1cc(-c2cc(Br)cs2)nc(CCl)n1. The highest BCUT2D eigenvalue weighted by Crippen LogP contribution is 2.28. The fourth-order valence-corrected chi connectivity index (χ4v) is 2.77. The smallest absolute Gasteiger partial charge is 0.144 e. The van der Waals surface area contributed by atoms with Crippen molar-refractivity contribution in [3.63, 3.8) is 0 Å². The van der Waals surface area contributed by atoms with E-state index in [-0.39, 0.29) is 0 Å². The minimum absolute atomic E-state index is 0.348. The van der Waals surface area contributed by atoms with Crippen molar-refractivity contribution in [3.8, 4) is 10.6 Å². The number of nitrogens with zero attached hydrogens (tertiary/aromatic N) is 2. The second-order valence-electron chi connectivity index (χ2n) is 3.07. The van der Waals surface area contributed by atoms with E-state index < -0.39 is 0 Å². The second-order valence-corrected chi connectivity index (χ2v) is 5.17. The van der Waals surface area contributed by atoms with Crippen molar-refractivity contribution in [2.75, 3.05) is 0 Å². The van der Waals surface area contributed by atoms with E-state index in [0.29, 0.717) is 11.7 Å². The number of halogens is 2. The zero-order valence-corrected chi connectivity index (χ0v) is 11.2. The van der Waals surface area contributed by atoms with Crippen LogP contribution in [0.25, 0.3) is 10.6 Å². The lowest BCUT2D eigenvalue weighted by Gasteiger charge is -2.01. The molecule has 0 radical (unpaired) electrons. The highest BCUT2D eigenvalue weighted by molar-refractivity contribution is 9.10. The molecule has 2 heterocycles. The normalized spacial score (nSPS) is 10.6. The maximum Gasteiger partial charge on any atom is 0.144 e. The lowest BCUT2D eigenvalue weighted by molar-refractivity contribution is 0.999. The summed E-state index contributed by atoms with van der Waals surface area (Å²) in [5.41, 5.74) is 1.88. The van der Waals surface area contributed by atoms with Gasteiger partial charge in [0.05, 0.1) is 16.5 Å². The molecule has 0 aromatic carbocycles. The number of rotatable bonds is 2. The van der Waals surface area contributed by atoms with Crippen LogP contribution >= 0.6 is 38.9 Å². The summed E-state index contributed by atoms with van der Waals surface area (Å²) in [6.07, 6.45) is 0. The van der Waals surface area contributed by atoms with Crippen LogP contribution in [0.1, 0.15) is 11.5 Å². The van der Waals surface area contributed by atoms with Crippen LogP contribution in [0.5, 0.6) is 0 Å². The molecule has 0 amide bonds. The Hall–Kier alpha value is -0.450. The lowest BCUT2D eigenvalue weighted by atomic mass is 10.3. The molecule has 0 N–H and O–H groups in total. The first-order valence-electron chi connectivity index (χ1n) is 4.34. The van der Waals surface area contributed by atoms with Crippen LogP contribution in [0.2, 0.25) is 0 Å². The van der Waals surface area contributed by atoms with Crippen molar-refractivity contribution >= 4 is 38.9 Å². The van der Waals surface area contributed by atoms with Crippen molar-refractivity contribution in [2.45, 2.75) is 12.8 Å². The summed E-state index contributed by atoms with van der Waals surface area (Å²) in [6.45, 7) is 1.95. The average molecular weight is 304 g/mol. The third kappa shape index (κ3) is 2.56. The Labute approximate surface area is 105 Å². The van der Waals surface area contributed by atoms with Gasteiger partial charge in [0.15, 0.2) is 0 Å². The minimum Gasteiger partial charge on any atom is -0.237 e. The van der Waals surface area contributed by atoms with E-state index in [1.807, 2.05) is 24.4 Å².